The van der Waals surface area contributed by atoms with E-state index in [1.54, 1.807) is 0 Å². The van der Waals surface area contributed by atoms with Gasteiger partial charge < -0.3 is 5.21 Å². The molecule has 3 aromatic carbocycles. The van der Waals surface area contributed by atoms with Crippen molar-refractivity contribution >= 4 is 0 Å². The van der Waals surface area contributed by atoms with E-state index in [2.05, 4.69) is 10.3 Å². The van der Waals surface area contributed by atoms with Crippen LogP contribution in [0.2, 0.25) is 0 Å². The van der Waals surface area contributed by atoms with Gasteiger partial charge in [-0.2, -0.15) is 0 Å². The highest BCUT2D eigenvalue weighted by Gasteiger charge is 2.24. The van der Waals surface area contributed by atoms with Crippen molar-refractivity contribution in [3.05, 3.63) is 95.7 Å². The van der Waals surface area contributed by atoms with Gasteiger partial charge in [0, 0.05) is 11.1 Å². The molecular weight excluding hydrogens is 322 g/mol. The molecule has 0 N–H and O–H groups in total. The number of aryl methyl sites for hydroxylation is 1. The largest absolute Gasteiger partial charge is 0.691 e. The molecule has 0 amide bonds. The Hall–Kier alpha value is -3.53. The summed E-state index contributed by atoms with van der Waals surface area (Å²) in [5.41, 5.74) is 5.79. The van der Waals surface area contributed by atoms with Crippen LogP contribution >= 0.6 is 0 Å². The van der Waals surface area contributed by atoms with Crippen molar-refractivity contribution in [2.75, 3.05) is 0 Å². The molecular formula is C22H17N3O. The van der Waals surface area contributed by atoms with Crippen LogP contribution < -0.4 is 4.85 Å². The molecule has 0 aliphatic heterocycles. The predicted molar refractivity (Wildman–Crippen MR) is 102 cm³/mol. The van der Waals surface area contributed by atoms with Gasteiger partial charge in [-0.1, -0.05) is 90.5 Å². The van der Waals surface area contributed by atoms with Crippen LogP contribution in [0.15, 0.2) is 84.9 Å². The Morgan fingerprint density at radius 3 is 1.88 bits per heavy atom. The van der Waals surface area contributed by atoms with Crippen molar-refractivity contribution in [3.8, 4) is 33.6 Å². The summed E-state index contributed by atoms with van der Waals surface area (Å²) in [5, 5.41) is 20.7. The molecule has 1 heterocycles. The molecule has 4 rings (SSSR count). The van der Waals surface area contributed by atoms with Gasteiger partial charge in [0.05, 0.1) is 10.7 Å². The topological polar surface area (TPSA) is 52.7 Å². The molecule has 1 aromatic heterocycles. The SMILES string of the molecule is Cc1ccc(-c2c(-c3ccccc3)c(-c3ccccc3)nn[n+]2[O-])cc1. The van der Waals surface area contributed by atoms with Crippen molar-refractivity contribution in [3.63, 3.8) is 0 Å². The first-order valence-corrected chi connectivity index (χ1v) is 8.42. The molecule has 0 unspecified atom stereocenters. The first kappa shape index (κ1) is 16.0. The maximum Gasteiger partial charge on any atom is 0.222 e. The summed E-state index contributed by atoms with van der Waals surface area (Å²) in [7, 11) is 0. The normalized spacial score (nSPS) is 10.7. The number of hydrogen-bond acceptors (Lipinski definition) is 3. The van der Waals surface area contributed by atoms with E-state index in [1.165, 1.54) is 0 Å². The van der Waals surface area contributed by atoms with Crippen LogP contribution in [0.5, 0.6) is 0 Å². The van der Waals surface area contributed by atoms with E-state index in [-0.39, 0.29) is 0 Å². The molecule has 0 saturated heterocycles. The fraction of sp³-hybridized carbons (Fsp3) is 0.0455. The second-order valence-corrected chi connectivity index (χ2v) is 6.13. The molecule has 0 spiro atoms. The van der Waals surface area contributed by atoms with Crippen LogP contribution in [-0.2, 0) is 0 Å². The summed E-state index contributed by atoms with van der Waals surface area (Å²) in [6.07, 6.45) is 0. The van der Waals surface area contributed by atoms with E-state index in [0.717, 1.165) is 27.8 Å². The average Bonchev–Trinajstić information content (AvgIpc) is 2.70. The average molecular weight is 339 g/mol. The van der Waals surface area contributed by atoms with Crippen LogP contribution in [0.4, 0.5) is 0 Å². The van der Waals surface area contributed by atoms with Crippen molar-refractivity contribution in [2.24, 2.45) is 0 Å². The molecule has 0 atom stereocenters. The molecule has 0 bridgehead atoms. The van der Waals surface area contributed by atoms with Crippen molar-refractivity contribution in [2.45, 2.75) is 6.92 Å². The third kappa shape index (κ3) is 2.93. The zero-order valence-corrected chi connectivity index (χ0v) is 14.3. The van der Waals surface area contributed by atoms with Crippen LogP contribution in [0.3, 0.4) is 0 Å². The lowest BCUT2D eigenvalue weighted by atomic mass is 9.94. The van der Waals surface area contributed by atoms with Gasteiger partial charge in [0.15, 0.2) is 5.69 Å². The first-order chi connectivity index (χ1) is 12.7. The highest BCUT2D eigenvalue weighted by Crippen LogP contribution is 2.36. The van der Waals surface area contributed by atoms with Crippen LogP contribution in [-0.4, -0.2) is 10.3 Å². The number of hydrogen-bond donors (Lipinski definition) is 0. The third-order valence-corrected chi connectivity index (χ3v) is 4.33. The quantitative estimate of drug-likeness (QED) is 0.410. The fourth-order valence-corrected chi connectivity index (χ4v) is 3.03. The Morgan fingerprint density at radius 2 is 1.27 bits per heavy atom. The molecule has 0 aliphatic carbocycles. The van der Waals surface area contributed by atoms with E-state index in [0.29, 0.717) is 16.2 Å². The van der Waals surface area contributed by atoms with Gasteiger partial charge in [0.1, 0.15) is 5.21 Å². The monoisotopic (exact) mass is 339 g/mol. The summed E-state index contributed by atoms with van der Waals surface area (Å²) in [6, 6.07) is 27.5. The van der Waals surface area contributed by atoms with Crippen molar-refractivity contribution in [1.29, 1.82) is 0 Å². The molecule has 4 nitrogen and oxygen atoms in total. The molecule has 4 aromatic rings. The summed E-state index contributed by atoms with van der Waals surface area (Å²) < 4.78 is 0. The Balaban J connectivity index is 2.06. The summed E-state index contributed by atoms with van der Waals surface area (Å²) >= 11 is 0. The molecule has 126 valence electrons. The number of aromatic nitrogens is 3. The van der Waals surface area contributed by atoms with Crippen molar-refractivity contribution in [1.82, 2.24) is 10.3 Å². The first-order valence-electron chi connectivity index (χ1n) is 8.42. The smallest absolute Gasteiger partial charge is 0.222 e. The second-order valence-electron chi connectivity index (χ2n) is 6.13. The molecule has 0 radical (unpaired) electrons. The van der Waals surface area contributed by atoms with E-state index >= 15 is 0 Å². The lowest BCUT2D eigenvalue weighted by molar-refractivity contribution is -0.663. The summed E-state index contributed by atoms with van der Waals surface area (Å²) in [6.45, 7) is 2.02. The van der Waals surface area contributed by atoms with Gasteiger partial charge in [-0.25, -0.2) is 0 Å². The zero-order chi connectivity index (χ0) is 17.9. The van der Waals surface area contributed by atoms with E-state index in [1.807, 2.05) is 91.9 Å². The molecule has 4 heteroatoms. The zero-order valence-electron chi connectivity index (χ0n) is 14.3. The second kappa shape index (κ2) is 6.76. The highest BCUT2D eigenvalue weighted by molar-refractivity contribution is 5.89. The van der Waals surface area contributed by atoms with Gasteiger partial charge in [0.2, 0.25) is 5.69 Å². The lowest BCUT2D eigenvalue weighted by Crippen LogP contribution is -2.36. The van der Waals surface area contributed by atoms with E-state index in [9.17, 15) is 5.21 Å². The van der Waals surface area contributed by atoms with E-state index < -0.39 is 0 Å². The molecule has 0 saturated carbocycles. The standard InChI is InChI=1S/C22H17N3O/c1-16-12-14-19(15-13-16)22-20(17-8-4-2-5-9-17)21(23-24-25(22)26)18-10-6-3-7-11-18/h2-15H,1H3. The minimum Gasteiger partial charge on any atom is -0.691 e. The van der Waals surface area contributed by atoms with Crippen LogP contribution in [0.25, 0.3) is 33.6 Å². The lowest BCUT2D eigenvalue weighted by Gasteiger charge is -2.13. The van der Waals surface area contributed by atoms with Gasteiger partial charge in [-0.3, -0.25) is 0 Å². The minimum atomic E-state index is 0.505. The van der Waals surface area contributed by atoms with Gasteiger partial charge >= 0.3 is 0 Å². The van der Waals surface area contributed by atoms with Crippen LogP contribution in [0, 0.1) is 12.1 Å². The predicted octanol–water partition coefficient (Wildman–Crippen LogP) is 4.42. The summed E-state index contributed by atoms with van der Waals surface area (Å²) in [5.74, 6) is 0. The Labute approximate surface area is 152 Å². The minimum absolute atomic E-state index is 0.505. The summed E-state index contributed by atoms with van der Waals surface area (Å²) in [4.78, 5) is 0.611. The van der Waals surface area contributed by atoms with Gasteiger partial charge in [0.25, 0.3) is 0 Å². The Kier molecular flexibility index (Phi) is 4.15. The number of benzene rings is 3. The Bertz CT molecular complexity index is 1030. The molecule has 0 fully saturated rings. The Morgan fingerprint density at radius 1 is 0.692 bits per heavy atom. The van der Waals surface area contributed by atoms with Crippen LogP contribution in [0.1, 0.15) is 5.56 Å². The fourth-order valence-electron chi connectivity index (χ4n) is 3.03. The maximum absolute atomic E-state index is 12.6. The third-order valence-electron chi connectivity index (χ3n) is 4.33. The number of nitrogens with zero attached hydrogens (tertiary/aromatic N) is 3. The van der Waals surface area contributed by atoms with Gasteiger partial charge in [-0.05, 0) is 12.5 Å². The van der Waals surface area contributed by atoms with E-state index in [4.69, 9.17) is 0 Å². The molecule has 0 aliphatic rings. The van der Waals surface area contributed by atoms with Gasteiger partial charge in [-0.15, -0.1) is 4.85 Å². The highest BCUT2D eigenvalue weighted by atomic mass is 16.5. The number of rotatable bonds is 3. The van der Waals surface area contributed by atoms with Crippen molar-refractivity contribution < 1.29 is 4.85 Å². The maximum atomic E-state index is 12.6. The molecule has 26 heavy (non-hydrogen) atoms.